The van der Waals surface area contributed by atoms with E-state index in [0.29, 0.717) is 6.54 Å². The van der Waals surface area contributed by atoms with Gasteiger partial charge in [-0.2, -0.15) is 0 Å². The van der Waals surface area contributed by atoms with Crippen molar-refractivity contribution >= 4 is 6.09 Å². The highest BCUT2D eigenvalue weighted by Gasteiger charge is 2.24. The zero-order chi connectivity index (χ0) is 10.8. The molecular weight excluding hydrogens is 192 g/mol. The van der Waals surface area contributed by atoms with Crippen LogP contribution in [0.3, 0.4) is 0 Å². The predicted octanol–water partition coefficient (Wildman–Crippen LogP) is 1.62. The molecule has 1 aromatic carbocycles. The molecule has 1 heterocycles. The average molecular weight is 206 g/mol. The fourth-order valence-electron chi connectivity index (χ4n) is 1.60. The second-order valence-corrected chi connectivity index (χ2v) is 3.80. The van der Waals surface area contributed by atoms with E-state index in [4.69, 9.17) is 4.74 Å². The van der Waals surface area contributed by atoms with Gasteiger partial charge in [0.25, 0.3) is 0 Å². The summed E-state index contributed by atoms with van der Waals surface area (Å²) in [6, 6.07) is 8.02. The van der Waals surface area contributed by atoms with Crippen molar-refractivity contribution in [3.63, 3.8) is 0 Å². The minimum atomic E-state index is -0.394. The molecule has 1 N–H and O–H groups in total. The van der Waals surface area contributed by atoms with Crippen LogP contribution >= 0.6 is 0 Å². The van der Waals surface area contributed by atoms with E-state index >= 15 is 0 Å². The SMILES string of the molecule is Cc1ccc(C2CN(C)NC(=O)O2)cc1. The molecule has 1 unspecified atom stereocenters. The van der Waals surface area contributed by atoms with Crippen LogP contribution in [0.1, 0.15) is 17.2 Å². The van der Waals surface area contributed by atoms with E-state index in [0.717, 1.165) is 5.56 Å². The summed E-state index contributed by atoms with van der Waals surface area (Å²) >= 11 is 0. The molecule has 1 saturated heterocycles. The third-order valence-electron chi connectivity index (χ3n) is 2.42. The highest BCUT2D eigenvalue weighted by molar-refractivity contribution is 5.67. The third-order valence-corrected chi connectivity index (χ3v) is 2.42. The monoisotopic (exact) mass is 206 g/mol. The molecule has 0 spiro atoms. The standard InChI is InChI=1S/C11H14N2O2/c1-8-3-5-9(6-4-8)10-7-13(2)12-11(14)15-10/h3-6,10H,7H2,1-2H3,(H,12,14). The van der Waals surface area contributed by atoms with Gasteiger partial charge >= 0.3 is 6.09 Å². The van der Waals surface area contributed by atoms with Gasteiger partial charge in [0, 0.05) is 7.05 Å². The molecule has 1 aromatic rings. The number of ether oxygens (including phenoxy) is 1. The second-order valence-electron chi connectivity index (χ2n) is 3.80. The number of hydrazine groups is 1. The number of benzene rings is 1. The van der Waals surface area contributed by atoms with Gasteiger partial charge in [0.15, 0.2) is 0 Å². The van der Waals surface area contributed by atoms with Gasteiger partial charge < -0.3 is 4.74 Å². The van der Waals surface area contributed by atoms with Crippen LogP contribution in [0, 0.1) is 6.92 Å². The van der Waals surface area contributed by atoms with Crippen LogP contribution in [0.2, 0.25) is 0 Å². The number of likely N-dealkylation sites (N-methyl/N-ethyl adjacent to an activating group) is 1. The number of nitrogens with zero attached hydrogens (tertiary/aromatic N) is 1. The minimum absolute atomic E-state index is 0.177. The number of carbonyl (C=O) groups is 1. The Labute approximate surface area is 88.8 Å². The molecule has 0 bridgehead atoms. The lowest BCUT2D eigenvalue weighted by molar-refractivity contribution is 0.0129. The molecule has 4 nitrogen and oxygen atoms in total. The Morgan fingerprint density at radius 2 is 2.07 bits per heavy atom. The van der Waals surface area contributed by atoms with Crippen LogP contribution in [0.4, 0.5) is 4.79 Å². The smallest absolute Gasteiger partial charge is 0.422 e. The summed E-state index contributed by atoms with van der Waals surface area (Å²) in [6.45, 7) is 2.69. The first-order valence-corrected chi connectivity index (χ1v) is 4.90. The van der Waals surface area contributed by atoms with E-state index in [1.165, 1.54) is 5.56 Å². The lowest BCUT2D eigenvalue weighted by Crippen LogP contribution is -2.48. The lowest BCUT2D eigenvalue weighted by Gasteiger charge is -2.30. The Hall–Kier alpha value is -1.55. The van der Waals surface area contributed by atoms with Crippen LogP contribution < -0.4 is 5.43 Å². The number of cyclic esters (lactones) is 1. The molecular formula is C11H14N2O2. The molecule has 1 atom stereocenters. The van der Waals surface area contributed by atoms with E-state index in [1.807, 2.05) is 38.2 Å². The van der Waals surface area contributed by atoms with Crippen LogP contribution in [0.15, 0.2) is 24.3 Å². The van der Waals surface area contributed by atoms with Crippen molar-refractivity contribution < 1.29 is 9.53 Å². The maximum atomic E-state index is 11.1. The number of hydrogen-bond acceptors (Lipinski definition) is 3. The zero-order valence-corrected chi connectivity index (χ0v) is 8.86. The summed E-state index contributed by atoms with van der Waals surface area (Å²) in [7, 11) is 1.82. The van der Waals surface area contributed by atoms with E-state index < -0.39 is 6.09 Å². The molecule has 80 valence electrons. The molecule has 4 heteroatoms. The third kappa shape index (κ3) is 2.27. The number of rotatable bonds is 1. The van der Waals surface area contributed by atoms with E-state index in [-0.39, 0.29) is 6.10 Å². The highest BCUT2D eigenvalue weighted by atomic mass is 16.6. The van der Waals surface area contributed by atoms with Gasteiger partial charge in [-0.1, -0.05) is 29.8 Å². The molecule has 0 saturated carbocycles. The Balaban J connectivity index is 2.16. The maximum Gasteiger partial charge on any atom is 0.422 e. The van der Waals surface area contributed by atoms with Gasteiger partial charge in [0.2, 0.25) is 0 Å². The minimum Gasteiger partial charge on any atom is -0.439 e. The van der Waals surface area contributed by atoms with Gasteiger partial charge in [0.1, 0.15) is 6.10 Å². The molecule has 1 aliphatic heterocycles. The van der Waals surface area contributed by atoms with E-state index in [1.54, 1.807) is 5.01 Å². The van der Waals surface area contributed by atoms with Gasteiger partial charge in [-0.15, -0.1) is 0 Å². The topological polar surface area (TPSA) is 41.6 Å². The molecule has 2 rings (SSSR count). The molecule has 0 aromatic heterocycles. The number of nitrogens with one attached hydrogen (secondary N) is 1. The van der Waals surface area contributed by atoms with E-state index in [9.17, 15) is 4.79 Å². The summed E-state index contributed by atoms with van der Waals surface area (Å²) in [5, 5.41) is 1.73. The number of carbonyl (C=O) groups excluding carboxylic acids is 1. The predicted molar refractivity (Wildman–Crippen MR) is 56.2 cm³/mol. The van der Waals surface area contributed by atoms with Crippen molar-refractivity contribution in [2.45, 2.75) is 13.0 Å². The lowest BCUT2D eigenvalue weighted by atomic mass is 10.1. The van der Waals surface area contributed by atoms with Crippen LogP contribution in [0.5, 0.6) is 0 Å². The van der Waals surface area contributed by atoms with Crippen LogP contribution in [0.25, 0.3) is 0 Å². The van der Waals surface area contributed by atoms with Gasteiger partial charge in [0.05, 0.1) is 6.54 Å². The second kappa shape index (κ2) is 3.90. The Kier molecular flexibility index (Phi) is 2.60. The van der Waals surface area contributed by atoms with Crippen molar-refractivity contribution in [1.29, 1.82) is 0 Å². The van der Waals surface area contributed by atoms with Crippen LogP contribution in [-0.4, -0.2) is 24.7 Å². The van der Waals surface area contributed by atoms with Gasteiger partial charge in [-0.05, 0) is 12.5 Å². The summed E-state index contributed by atoms with van der Waals surface area (Å²) in [4.78, 5) is 11.1. The summed E-state index contributed by atoms with van der Waals surface area (Å²) in [5.41, 5.74) is 4.79. The van der Waals surface area contributed by atoms with Gasteiger partial charge in [-0.25, -0.2) is 9.80 Å². The van der Waals surface area contributed by atoms with Crippen molar-refractivity contribution in [3.8, 4) is 0 Å². The Bertz CT molecular complexity index is 361. The normalized spacial score (nSPS) is 22.0. The fraction of sp³-hybridized carbons (Fsp3) is 0.364. The molecule has 1 amide bonds. The first-order chi connectivity index (χ1) is 7.15. The molecule has 0 radical (unpaired) electrons. The fourth-order valence-corrected chi connectivity index (χ4v) is 1.60. The molecule has 15 heavy (non-hydrogen) atoms. The largest absolute Gasteiger partial charge is 0.439 e. The zero-order valence-electron chi connectivity index (χ0n) is 8.86. The maximum absolute atomic E-state index is 11.1. The van der Waals surface area contributed by atoms with Crippen molar-refractivity contribution in [3.05, 3.63) is 35.4 Å². The Morgan fingerprint density at radius 1 is 1.40 bits per heavy atom. The molecule has 1 fully saturated rings. The van der Waals surface area contributed by atoms with Crippen molar-refractivity contribution in [1.82, 2.24) is 10.4 Å². The van der Waals surface area contributed by atoms with Crippen molar-refractivity contribution in [2.75, 3.05) is 13.6 Å². The summed E-state index contributed by atoms with van der Waals surface area (Å²) in [5.74, 6) is 0. The summed E-state index contributed by atoms with van der Waals surface area (Å²) in [6.07, 6.45) is -0.571. The highest BCUT2D eigenvalue weighted by Crippen LogP contribution is 2.21. The Morgan fingerprint density at radius 3 is 2.67 bits per heavy atom. The van der Waals surface area contributed by atoms with Crippen molar-refractivity contribution in [2.24, 2.45) is 0 Å². The molecule has 0 aliphatic carbocycles. The first kappa shape index (κ1) is 9.98. The number of aryl methyl sites for hydroxylation is 1. The van der Waals surface area contributed by atoms with Gasteiger partial charge in [-0.3, -0.25) is 5.43 Å². The number of hydrogen-bond donors (Lipinski definition) is 1. The number of amides is 1. The molecule has 1 aliphatic rings. The average Bonchev–Trinajstić information content (AvgIpc) is 2.17. The quantitative estimate of drug-likeness (QED) is 0.759. The first-order valence-electron chi connectivity index (χ1n) is 4.90. The van der Waals surface area contributed by atoms with E-state index in [2.05, 4.69) is 5.43 Å². The van der Waals surface area contributed by atoms with Crippen LogP contribution in [-0.2, 0) is 4.74 Å². The summed E-state index contributed by atoms with van der Waals surface area (Å²) < 4.78 is 5.19.